The van der Waals surface area contributed by atoms with Gasteiger partial charge in [-0.1, -0.05) is 17.7 Å². The molecule has 1 aliphatic carbocycles. The van der Waals surface area contributed by atoms with Crippen molar-refractivity contribution in [2.45, 2.75) is 50.9 Å². The molecular formula is C14H20O2. The Bertz CT molecular complexity index is 339. The van der Waals surface area contributed by atoms with Gasteiger partial charge in [0.15, 0.2) is 0 Å². The first kappa shape index (κ1) is 10.5. The van der Waals surface area contributed by atoms with Crippen molar-refractivity contribution in [1.82, 2.24) is 0 Å². The largest absolute Gasteiger partial charge is 0.367 e. The fraction of sp³-hybridized carbons (Fsp3) is 0.714. The van der Waals surface area contributed by atoms with Gasteiger partial charge in [-0.2, -0.15) is 0 Å². The van der Waals surface area contributed by atoms with Gasteiger partial charge >= 0.3 is 0 Å². The maximum Gasteiger partial charge on any atom is 0.135 e. The van der Waals surface area contributed by atoms with Crippen LogP contribution >= 0.6 is 0 Å². The van der Waals surface area contributed by atoms with E-state index in [0.717, 1.165) is 6.61 Å². The zero-order valence-electron chi connectivity index (χ0n) is 10.1. The van der Waals surface area contributed by atoms with Crippen LogP contribution in [0.2, 0.25) is 0 Å². The maximum absolute atomic E-state index is 6.12. The minimum Gasteiger partial charge on any atom is -0.367 e. The van der Waals surface area contributed by atoms with Crippen LogP contribution in [-0.2, 0) is 9.47 Å². The SMILES string of the molecule is CC1=CCCCC1[C@H]1C=C[C@@]2(CO2)[C@H](C)O1. The van der Waals surface area contributed by atoms with Gasteiger partial charge in [0.2, 0.25) is 0 Å². The normalized spacial score (nSPS) is 46.9. The number of rotatable bonds is 1. The van der Waals surface area contributed by atoms with Crippen molar-refractivity contribution in [3.8, 4) is 0 Å². The molecule has 1 fully saturated rings. The molecule has 88 valence electrons. The first-order valence-electron chi connectivity index (χ1n) is 6.37. The highest BCUT2D eigenvalue weighted by atomic mass is 16.6. The zero-order chi connectivity index (χ0) is 11.2. The minimum absolute atomic E-state index is 0.0667. The van der Waals surface area contributed by atoms with Gasteiger partial charge in [-0.3, -0.25) is 0 Å². The second-order valence-corrected chi connectivity index (χ2v) is 5.33. The molecule has 2 heterocycles. The molecule has 2 aliphatic heterocycles. The first-order valence-corrected chi connectivity index (χ1v) is 6.37. The summed E-state index contributed by atoms with van der Waals surface area (Å²) in [4.78, 5) is 0. The smallest absolute Gasteiger partial charge is 0.135 e. The third-order valence-electron chi connectivity index (χ3n) is 4.26. The molecule has 16 heavy (non-hydrogen) atoms. The molecule has 0 radical (unpaired) electrons. The molecule has 0 amide bonds. The highest BCUT2D eigenvalue weighted by Gasteiger charge is 2.51. The topological polar surface area (TPSA) is 21.8 Å². The van der Waals surface area contributed by atoms with Crippen molar-refractivity contribution in [2.75, 3.05) is 6.61 Å². The van der Waals surface area contributed by atoms with Crippen LogP contribution in [0.1, 0.15) is 33.1 Å². The number of hydrogen-bond donors (Lipinski definition) is 0. The van der Waals surface area contributed by atoms with E-state index < -0.39 is 0 Å². The monoisotopic (exact) mass is 220 g/mol. The van der Waals surface area contributed by atoms with Crippen LogP contribution in [0.4, 0.5) is 0 Å². The highest BCUT2D eigenvalue weighted by molar-refractivity contribution is 5.22. The summed E-state index contributed by atoms with van der Waals surface area (Å²) < 4.78 is 11.6. The summed E-state index contributed by atoms with van der Waals surface area (Å²) in [6.07, 6.45) is 11.1. The Morgan fingerprint density at radius 1 is 1.44 bits per heavy atom. The Kier molecular flexibility index (Phi) is 2.45. The molecule has 2 heteroatoms. The van der Waals surface area contributed by atoms with E-state index in [1.54, 1.807) is 0 Å². The van der Waals surface area contributed by atoms with Crippen LogP contribution in [-0.4, -0.2) is 24.4 Å². The quantitative estimate of drug-likeness (QED) is 0.500. The molecule has 0 aromatic carbocycles. The van der Waals surface area contributed by atoms with Crippen LogP contribution in [0.15, 0.2) is 23.8 Å². The Balaban J connectivity index is 1.76. The van der Waals surface area contributed by atoms with Crippen LogP contribution in [0.3, 0.4) is 0 Å². The van der Waals surface area contributed by atoms with Gasteiger partial charge < -0.3 is 9.47 Å². The van der Waals surface area contributed by atoms with E-state index in [9.17, 15) is 0 Å². The standard InChI is InChI=1S/C14H20O2/c1-10-5-3-4-6-12(10)13-7-8-14(9-15-14)11(2)16-13/h5,7-8,11-13H,3-4,6,9H2,1-2H3/t11-,12?,13+,14+/m0/s1. The zero-order valence-corrected chi connectivity index (χ0v) is 10.1. The number of hydrogen-bond acceptors (Lipinski definition) is 2. The van der Waals surface area contributed by atoms with Gasteiger partial charge in [-0.15, -0.1) is 0 Å². The van der Waals surface area contributed by atoms with Gasteiger partial charge in [0, 0.05) is 5.92 Å². The lowest BCUT2D eigenvalue weighted by Crippen LogP contribution is -2.39. The second kappa shape index (κ2) is 3.71. The van der Waals surface area contributed by atoms with Crippen molar-refractivity contribution in [3.05, 3.63) is 23.8 Å². The van der Waals surface area contributed by atoms with Gasteiger partial charge in [0.05, 0.1) is 18.8 Å². The average Bonchev–Trinajstić information content (AvgIpc) is 3.05. The van der Waals surface area contributed by atoms with Gasteiger partial charge in [0.25, 0.3) is 0 Å². The molecule has 0 N–H and O–H groups in total. The van der Waals surface area contributed by atoms with Crippen molar-refractivity contribution in [1.29, 1.82) is 0 Å². The Morgan fingerprint density at radius 2 is 2.25 bits per heavy atom. The minimum atomic E-state index is -0.0667. The van der Waals surface area contributed by atoms with Gasteiger partial charge in [0.1, 0.15) is 5.60 Å². The molecule has 3 aliphatic rings. The molecule has 0 saturated carbocycles. The summed E-state index contributed by atoms with van der Waals surface area (Å²) in [6.45, 7) is 5.20. The van der Waals surface area contributed by atoms with Crippen LogP contribution in [0, 0.1) is 5.92 Å². The molecule has 0 aromatic rings. The van der Waals surface area contributed by atoms with E-state index in [4.69, 9.17) is 9.47 Å². The van der Waals surface area contributed by atoms with Crippen molar-refractivity contribution >= 4 is 0 Å². The van der Waals surface area contributed by atoms with E-state index in [0.29, 0.717) is 5.92 Å². The fourth-order valence-electron chi connectivity index (χ4n) is 2.90. The second-order valence-electron chi connectivity index (χ2n) is 5.33. The van der Waals surface area contributed by atoms with E-state index in [2.05, 4.69) is 32.1 Å². The molecule has 1 saturated heterocycles. The van der Waals surface area contributed by atoms with Crippen LogP contribution in [0.25, 0.3) is 0 Å². The molecule has 0 aromatic heterocycles. The molecule has 4 atom stereocenters. The van der Waals surface area contributed by atoms with Crippen LogP contribution < -0.4 is 0 Å². The lowest BCUT2D eigenvalue weighted by atomic mass is 9.82. The Hall–Kier alpha value is -0.600. The van der Waals surface area contributed by atoms with Crippen molar-refractivity contribution in [2.24, 2.45) is 5.92 Å². The Labute approximate surface area is 97.3 Å². The van der Waals surface area contributed by atoms with E-state index >= 15 is 0 Å². The predicted octanol–water partition coefficient (Wildman–Crippen LogP) is 2.85. The van der Waals surface area contributed by atoms with Gasteiger partial charge in [-0.05, 0) is 39.2 Å². The molecule has 0 bridgehead atoms. The first-order chi connectivity index (χ1) is 7.71. The highest BCUT2D eigenvalue weighted by Crippen LogP contribution is 2.41. The summed E-state index contributed by atoms with van der Waals surface area (Å²) >= 11 is 0. The average molecular weight is 220 g/mol. The molecule has 2 nitrogen and oxygen atoms in total. The molecule has 1 spiro atoms. The molecule has 3 rings (SSSR count). The fourth-order valence-corrected chi connectivity index (χ4v) is 2.90. The summed E-state index contributed by atoms with van der Waals surface area (Å²) in [7, 11) is 0. The summed E-state index contributed by atoms with van der Waals surface area (Å²) in [5.74, 6) is 0.587. The summed E-state index contributed by atoms with van der Waals surface area (Å²) in [6, 6.07) is 0. The van der Waals surface area contributed by atoms with Crippen molar-refractivity contribution in [3.63, 3.8) is 0 Å². The summed E-state index contributed by atoms with van der Waals surface area (Å²) in [5, 5.41) is 0. The van der Waals surface area contributed by atoms with E-state index in [1.807, 2.05) is 0 Å². The maximum atomic E-state index is 6.12. The molecular weight excluding hydrogens is 200 g/mol. The van der Waals surface area contributed by atoms with E-state index in [1.165, 1.54) is 24.8 Å². The lowest BCUT2D eigenvalue weighted by Gasteiger charge is -2.35. The number of epoxide rings is 1. The third-order valence-corrected chi connectivity index (χ3v) is 4.26. The third kappa shape index (κ3) is 1.64. The van der Waals surface area contributed by atoms with Gasteiger partial charge in [-0.25, -0.2) is 0 Å². The van der Waals surface area contributed by atoms with E-state index in [-0.39, 0.29) is 17.8 Å². The number of ether oxygens (including phenoxy) is 2. The Morgan fingerprint density at radius 3 is 2.88 bits per heavy atom. The predicted molar refractivity (Wildman–Crippen MR) is 63.3 cm³/mol. The summed E-state index contributed by atoms with van der Waals surface area (Å²) in [5.41, 5.74) is 1.43. The lowest BCUT2D eigenvalue weighted by molar-refractivity contribution is -0.0420. The van der Waals surface area contributed by atoms with Crippen molar-refractivity contribution < 1.29 is 9.47 Å². The van der Waals surface area contributed by atoms with Crippen LogP contribution in [0.5, 0.6) is 0 Å². The molecule has 1 unspecified atom stereocenters. The number of allylic oxidation sites excluding steroid dienone is 1.